The number of benzene rings is 1. The molecule has 0 aromatic heterocycles. The van der Waals surface area contributed by atoms with Gasteiger partial charge in [0.1, 0.15) is 17.5 Å². The maximum atomic E-state index is 13.0. The maximum absolute atomic E-state index is 13.0. The first kappa shape index (κ1) is 11.2. The summed E-state index contributed by atoms with van der Waals surface area (Å²) in [7, 11) is 0. The van der Waals surface area contributed by atoms with Crippen LogP contribution in [0.15, 0.2) is 23.8 Å². The Bertz CT molecular complexity index is 477. The highest BCUT2D eigenvalue weighted by Gasteiger charge is 2.07. The van der Waals surface area contributed by atoms with E-state index < -0.39 is 11.7 Å². The summed E-state index contributed by atoms with van der Waals surface area (Å²) in [6.07, 6.45) is 1.15. The van der Waals surface area contributed by atoms with Gasteiger partial charge in [-0.05, 0) is 17.7 Å². The van der Waals surface area contributed by atoms with Crippen LogP contribution in [0.25, 0.3) is 6.08 Å². The molecular weight excluding hydrogens is 219 g/mol. The highest BCUT2D eigenvalue weighted by atomic mass is 35.5. The number of nitrogens with zero attached hydrogens (tertiary/aromatic N) is 1. The lowest BCUT2D eigenvalue weighted by Crippen LogP contribution is -2.12. The van der Waals surface area contributed by atoms with E-state index in [1.54, 1.807) is 6.07 Å². The molecule has 5 heteroatoms. The first-order valence-corrected chi connectivity index (χ1v) is 4.29. The summed E-state index contributed by atoms with van der Waals surface area (Å²) in [4.78, 5) is 10.7. The molecule has 15 heavy (non-hydrogen) atoms. The fourth-order valence-corrected chi connectivity index (χ4v) is 1.13. The van der Waals surface area contributed by atoms with E-state index in [1.165, 1.54) is 18.2 Å². The summed E-state index contributed by atoms with van der Waals surface area (Å²) < 4.78 is 13.0. The molecule has 0 unspecified atom stereocenters. The number of carbonyl (C=O) groups excluding carboxylic acids is 1. The third-order valence-electron chi connectivity index (χ3n) is 1.67. The Balaban J connectivity index is 3.25. The second-order valence-corrected chi connectivity index (χ2v) is 3.06. The highest BCUT2D eigenvalue weighted by molar-refractivity contribution is 6.32. The number of nitriles is 1. The predicted molar refractivity (Wildman–Crippen MR) is 54.2 cm³/mol. The molecule has 0 saturated carbocycles. The molecule has 2 N–H and O–H groups in total. The number of carbonyl (C=O) groups is 1. The minimum Gasteiger partial charge on any atom is -0.365 e. The molecule has 0 aliphatic rings. The molecule has 0 heterocycles. The SMILES string of the molecule is N#C/C(=C/c1cccc(F)c1Cl)C(N)=O. The predicted octanol–water partition coefficient (Wildman–Crippen LogP) is 1.87. The number of hydrogen-bond donors (Lipinski definition) is 1. The van der Waals surface area contributed by atoms with E-state index in [0.717, 1.165) is 6.08 Å². The number of primary amides is 1. The third kappa shape index (κ3) is 2.55. The summed E-state index contributed by atoms with van der Waals surface area (Å²) in [5.41, 5.74) is 4.88. The highest BCUT2D eigenvalue weighted by Crippen LogP contribution is 2.21. The fraction of sp³-hybridized carbons (Fsp3) is 0. The van der Waals surface area contributed by atoms with Gasteiger partial charge in [-0.15, -0.1) is 0 Å². The van der Waals surface area contributed by atoms with E-state index in [1.807, 2.05) is 0 Å². The topological polar surface area (TPSA) is 66.9 Å². The van der Waals surface area contributed by atoms with Crippen molar-refractivity contribution in [1.82, 2.24) is 0 Å². The fourth-order valence-electron chi connectivity index (χ4n) is 0.946. The van der Waals surface area contributed by atoms with Gasteiger partial charge < -0.3 is 5.73 Å². The van der Waals surface area contributed by atoms with Crippen molar-refractivity contribution in [3.63, 3.8) is 0 Å². The van der Waals surface area contributed by atoms with Crippen LogP contribution in [-0.4, -0.2) is 5.91 Å². The summed E-state index contributed by atoms with van der Waals surface area (Å²) >= 11 is 5.62. The van der Waals surface area contributed by atoms with Crippen molar-refractivity contribution < 1.29 is 9.18 Å². The van der Waals surface area contributed by atoms with Gasteiger partial charge in [-0.1, -0.05) is 23.7 Å². The van der Waals surface area contributed by atoms with Crippen molar-refractivity contribution >= 4 is 23.6 Å². The smallest absolute Gasteiger partial charge is 0.259 e. The molecule has 0 aliphatic heterocycles. The maximum Gasteiger partial charge on any atom is 0.259 e. The number of rotatable bonds is 2. The minimum atomic E-state index is -0.877. The molecule has 0 aliphatic carbocycles. The molecule has 1 aromatic rings. The van der Waals surface area contributed by atoms with Crippen molar-refractivity contribution in [2.75, 3.05) is 0 Å². The third-order valence-corrected chi connectivity index (χ3v) is 2.07. The molecule has 76 valence electrons. The van der Waals surface area contributed by atoms with E-state index in [4.69, 9.17) is 22.6 Å². The number of nitrogens with two attached hydrogens (primary N) is 1. The number of amides is 1. The van der Waals surface area contributed by atoms with Crippen LogP contribution in [0.5, 0.6) is 0 Å². The molecule has 0 saturated heterocycles. The largest absolute Gasteiger partial charge is 0.365 e. The summed E-state index contributed by atoms with van der Waals surface area (Å²) in [5.74, 6) is -1.50. The van der Waals surface area contributed by atoms with Gasteiger partial charge in [0, 0.05) is 0 Å². The average molecular weight is 225 g/mol. The Morgan fingerprint density at radius 1 is 1.60 bits per heavy atom. The Morgan fingerprint density at radius 3 is 2.80 bits per heavy atom. The number of halogens is 2. The lowest BCUT2D eigenvalue weighted by atomic mass is 10.1. The van der Waals surface area contributed by atoms with Crippen molar-refractivity contribution in [3.05, 3.63) is 40.2 Å². The Hall–Kier alpha value is -1.86. The zero-order chi connectivity index (χ0) is 11.4. The molecule has 1 amide bonds. The van der Waals surface area contributed by atoms with Gasteiger partial charge >= 0.3 is 0 Å². The molecule has 0 atom stereocenters. The lowest BCUT2D eigenvalue weighted by molar-refractivity contribution is -0.114. The van der Waals surface area contributed by atoms with Crippen molar-refractivity contribution in [1.29, 1.82) is 5.26 Å². The Morgan fingerprint density at radius 2 is 2.27 bits per heavy atom. The van der Waals surface area contributed by atoms with Crippen molar-refractivity contribution in [3.8, 4) is 6.07 Å². The lowest BCUT2D eigenvalue weighted by Gasteiger charge is -1.99. The van der Waals surface area contributed by atoms with Gasteiger partial charge in [0.15, 0.2) is 0 Å². The van der Waals surface area contributed by atoms with Crippen LogP contribution in [0.3, 0.4) is 0 Å². The molecule has 1 aromatic carbocycles. The van der Waals surface area contributed by atoms with Crippen LogP contribution in [0.1, 0.15) is 5.56 Å². The Labute approximate surface area is 90.6 Å². The normalized spacial score (nSPS) is 10.9. The molecule has 1 rings (SSSR count). The monoisotopic (exact) mass is 224 g/mol. The summed E-state index contributed by atoms with van der Waals surface area (Å²) in [6, 6.07) is 5.68. The first-order valence-electron chi connectivity index (χ1n) is 3.92. The van der Waals surface area contributed by atoms with Crippen LogP contribution in [0.4, 0.5) is 4.39 Å². The van der Waals surface area contributed by atoms with Gasteiger partial charge in [0.25, 0.3) is 5.91 Å². The molecule has 0 radical (unpaired) electrons. The van der Waals surface area contributed by atoms with Gasteiger partial charge in [0.05, 0.1) is 5.02 Å². The van der Waals surface area contributed by atoms with E-state index in [9.17, 15) is 9.18 Å². The van der Waals surface area contributed by atoms with Crippen LogP contribution in [0.2, 0.25) is 5.02 Å². The quantitative estimate of drug-likeness (QED) is 0.616. The second kappa shape index (κ2) is 4.58. The molecule has 0 spiro atoms. The minimum absolute atomic E-state index is 0.147. The summed E-state index contributed by atoms with van der Waals surface area (Å²) in [5, 5.41) is 8.42. The molecular formula is C10H6ClFN2O. The molecule has 3 nitrogen and oxygen atoms in total. The van der Waals surface area contributed by atoms with Gasteiger partial charge in [-0.2, -0.15) is 5.26 Å². The van der Waals surface area contributed by atoms with Gasteiger partial charge in [-0.25, -0.2) is 4.39 Å². The average Bonchev–Trinajstić information content (AvgIpc) is 2.19. The number of hydrogen-bond acceptors (Lipinski definition) is 2. The zero-order valence-corrected chi connectivity index (χ0v) is 8.25. The van der Waals surface area contributed by atoms with Crippen LogP contribution in [-0.2, 0) is 4.79 Å². The second-order valence-electron chi connectivity index (χ2n) is 2.68. The van der Waals surface area contributed by atoms with Crippen molar-refractivity contribution in [2.45, 2.75) is 0 Å². The van der Waals surface area contributed by atoms with Crippen LogP contribution < -0.4 is 5.73 Å². The van der Waals surface area contributed by atoms with E-state index in [-0.39, 0.29) is 16.2 Å². The van der Waals surface area contributed by atoms with E-state index in [2.05, 4.69) is 0 Å². The van der Waals surface area contributed by atoms with Crippen LogP contribution in [0, 0.1) is 17.1 Å². The zero-order valence-electron chi connectivity index (χ0n) is 7.50. The standard InChI is InChI=1S/C10H6ClFN2O/c11-9-6(2-1-3-8(9)12)4-7(5-13)10(14)15/h1-4H,(H2,14,15)/b7-4-. The van der Waals surface area contributed by atoms with Crippen LogP contribution >= 0.6 is 11.6 Å². The summed E-state index contributed by atoms with van der Waals surface area (Å²) in [6.45, 7) is 0. The van der Waals surface area contributed by atoms with E-state index >= 15 is 0 Å². The first-order chi connectivity index (χ1) is 7.06. The Kier molecular flexibility index (Phi) is 3.42. The van der Waals surface area contributed by atoms with E-state index in [0.29, 0.717) is 0 Å². The van der Waals surface area contributed by atoms with Gasteiger partial charge in [-0.3, -0.25) is 4.79 Å². The van der Waals surface area contributed by atoms with Crippen molar-refractivity contribution in [2.24, 2.45) is 5.73 Å². The molecule has 0 fully saturated rings. The van der Waals surface area contributed by atoms with Gasteiger partial charge in [0.2, 0.25) is 0 Å². The molecule has 0 bridgehead atoms.